The third-order valence-electron chi connectivity index (χ3n) is 3.06. The van der Waals surface area contributed by atoms with Crippen LogP contribution in [0.3, 0.4) is 0 Å². The average molecular weight is 249 g/mol. The summed E-state index contributed by atoms with van der Waals surface area (Å²) >= 11 is 0. The molecule has 1 rings (SSSR count). The molecule has 0 aliphatic heterocycles. The van der Waals surface area contributed by atoms with E-state index in [9.17, 15) is 0 Å². The zero-order valence-electron chi connectivity index (χ0n) is 12.7. The molecule has 1 N–H and O–H groups in total. The van der Waals surface area contributed by atoms with Gasteiger partial charge in [-0.3, -0.25) is 0 Å². The molecule has 0 aliphatic carbocycles. The molecule has 0 saturated heterocycles. The minimum atomic E-state index is 0.399. The molecule has 0 saturated carbocycles. The number of nitrogens with one attached hydrogen (secondary N) is 1. The van der Waals surface area contributed by atoms with Crippen LogP contribution in [0.4, 0.5) is 0 Å². The standard InChI is InChI=1S/C15H27N3/c1-10(2)9-16-8-7-14-12(5)17-15(11(3)4)18-13(14)6/h10-11,16H,7-9H2,1-6H3. The molecule has 0 bridgehead atoms. The van der Waals surface area contributed by atoms with Gasteiger partial charge in [-0.1, -0.05) is 27.7 Å². The van der Waals surface area contributed by atoms with E-state index in [1.807, 2.05) is 0 Å². The molecule has 0 fully saturated rings. The largest absolute Gasteiger partial charge is 0.316 e. The summed E-state index contributed by atoms with van der Waals surface area (Å²) in [7, 11) is 0. The average Bonchev–Trinajstić information content (AvgIpc) is 2.26. The van der Waals surface area contributed by atoms with Crippen molar-refractivity contribution in [2.75, 3.05) is 13.1 Å². The minimum absolute atomic E-state index is 0.399. The maximum Gasteiger partial charge on any atom is 0.131 e. The lowest BCUT2D eigenvalue weighted by Crippen LogP contribution is -2.23. The van der Waals surface area contributed by atoms with Crippen molar-refractivity contribution in [3.05, 3.63) is 22.8 Å². The van der Waals surface area contributed by atoms with E-state index in [4.69, 9.17) is 0 Å². The molecule has 0 amide bonds. The Labute approximate surface area is 111 Å². The van der Waals surface area contributed by atoms with Gasteiger partial charge in [0.15, 0.2) is 0 Å². The number of aryl methyl sites for hydroxylation is 2. The monoisotopic (exact) mass is 249 g/mol. The van der Waals surface area contributed by atoms with E-state index in [1.165, 1.54) is 5.56 Å². The van der Waals surface area contributed by atoms with Crippen LogP contribution in [0, 0.1) is 19.8 Å². The molecule has 0 spiro atoms. The Morgan fingerprint density at radius 2 is 1.56 bits per heavy atom. The fraction of sp³-hybridized carbons (Fsp3) is 0.733. The number of nitrogens with zero attached hydrogens (tertiary/aromatic N) is 2. The van der Waals surface area contributed by atoms with Crippen LogP contribution < -0.4 is 5.32 Å². The molecule has 1 heterocycles. The van der Waals surface area contributed by atoms with Gasteiger partial charge in [0.25, 0.3) is 0 Å². The molecule has 0 radical (unpaired) electrons. The molecule has 18 heavy (non-hydrogen) atoms. The van der Waals surface area contributed by atoms with Crippen LogP contribution in [0.1, 0.15) is 56.4 Å². The van der Waals surface area contributed by atoms with Gasteiger partial charge in [0.05, 0.1) is 0 Å². The van der Waals surface area contributed by atoms with Crippen molar-refractivity contribution in [3.8, 4) is 0 Å². The molecule has 0 aliphatic rings. The third kappa shape index (κ3) is 4.37. The summed E-state index contributed by atoms with van der Waals surface area (Å²) < 4.78 is 0. The molecule has 0 atom stereocenters. The van der Waals surface area contributed by atoms with Crippen molar-refractivity contribution >= 4 is 0 Å². The van der Waals surface area contributed by atoms with Gasteiger partial charge >= 0.3 is 0 Å². The van der Waals surface area contributed by atoms with Crippen LogP contribution in [0.25, 0.3) is 0 Å². The second kappa shape index (κ2) is 6.83. The van der Waals surface area contributed by atoms with E-state index in [0.717, 1.165) is 36.7 Å². The Hall–Kier alpha value is -0.960. The zero-order valence-corrected chi connectivity index (χ0v) is 12.7. The van der Waals surface area contributed by atoms with Crippen LogP contribution in [0.2, 0.25) is 0 Å². The Balaban J connectivity index is 2.66. The summed E-state index contributed by atoms with van der Waals surface area (Å²) in [5.74, 6) is 2.06. The second-order valence-electron chi connectivity index (χ2n) is 5.73. The Morgan fingerprint density at radius 3 is 2.00 bits per heavy atom. The smallest absolute Gasteiger partial charge is 0.131 e. The highest BCUT2D eigenvalue weighted by Gasteiger charge is 2.10. The highest BCUT2D eigenvalue weighted by atomic mass is 14.9. The summed E-state index contributed by atoms with van der Waals surface area (Å²) in [5.41, 5.74) is 3.57. The predicted octanol–water partition coefficient (Wildman–Crippen LogP) is 3.00. The first-order valence-electron chi connectivity index (χ1n) is 6.96. The van der Waals surface area contributed by atoms with E-state index in [2.05, 4.69) is 56.8 Å². The number of hydrogen-bond donors (Lipinski definition) is 1. The van der Waals surface area contributed by atoms with Gasteiger partial charge in [0, 0.05) is 17.3 Å². The minimum Gasteiger partial charge on any atom is -0.316 e. The van der Waals surface area contributed by atoms with Crippen LogP contribution in [0.5, 0.6) is 0 Å². The predicted molar refractivity (Wildman–Crippen MR) is 77.0 cm³/mol. The SMILES string of the molecule is Cc1nc(C(C)C)nc(C)c1CCNCC(C)C. The summed E-state index contributed by atoms with van der Waals surface area (Å²) in [6.07, 6.45) is 1.02. The van der Waals surface area contributed by atoms with Gasteiger partial charge < -0.3 is 5.32 Å². The van der Waals surface area contributed by atoms with Gasteiger partial charge in [-0.2, -0.15) is 0 Å². The molecule has 3 heteroatoms. The van der Waals surface area contributed by atoms with E-state index >= 15 is 0 Å². The first-order valence-corrected chi connectivity index (χ1v) is 6.96. The number of aromatic nitrogens is 2. The molecule has 102 valence electrons. The topological polar surface area (TPSA) is 37.8 Å². The fourth-order valence-electron chi connectivity index (χ4n) is 1.99. The van der Waals surface area contributed by atoms with Gasteiger partial charge in [-0.15, -0.1) is 0 Å². The first kappa shape index (κ1) is 15.1. The van der Waals surface area contributed by atoms with E-state index in [0.29, 0.717) is 11.8 Å². The van der Waals surface area contributed by atoms with Crippen molar-refractivity contribution in [1.82, 2.24) is 15.3 Å². The fourth-order valence-corrected chi connectivity index (χ4v) is 1.99. The van der Waals surface area contributed by atoms with Crippen molar-refractivity contribution in [1.29, 1.82) is 0 Å². The lowest BCUT2D eigenvalue weighted by molar-refractivity contribution is 0.552. The Kier molecular flexibility index (Phi) is 5.73. The van der Waals surface area contributed by atoms with E-state index in [-0.39, 0.29) is 0 Å². The summed E-state index contributed by atoms with van der Waals surface area (Å²) in [6, 6.07) is 0. The van der Waals surface area contributed by atoms with Gasteiger partial charge in [0.1, 0.15) is 5.82 Å². The molecule has 1 aromatic rings. The zero-order chi connectivity index (χ0) is 13.7. The normalized spacial score (nSPS) is 11.6. The quantitative estimate of drug-likeness (QED) is 0.788. The van der Waals surface area contributed by atoms with Crippen molar-refractivity contribution < 1.29 is 0 Å². The maximum absolute atomic E-state index is 4.61. The molecular formula is C15H27N3. The van der Waals surface area contributed by atoms with Crippen LogP contribution in [-0.4, -0.2) is 23.1 Å². The summed E-state index contributed by atoms with van der Waals surface area (Å²) in [5, 5.41) is 3.47. The summed E-state index contributed by atoms with van der Waals surface area (Å²) in [6.45, 7) is 15.0. The third-order valence-corrected chi connectivity index (χ3v) is 3.06. The van der Waals surface area contributed by atoms with Gasteiger partial charge in [0.2, 0.25) is 0 Å². The highest BCUT2D eigenvalue weighted by Crippen LogP contribution is 2.15. The highest BCUT2D eigenvalue weighted by molar-refractivity contribution is 5.25. The molecule has 1 aromatic heterocycles. The number of rotatable bonds is 6. The van der Waals surface area contributed by atoms with Crippen LogP contribution >= 0.6 is 0 Å². The lowest BCUT2D eigenvalue weighted by Gasteiger charge is -2.13. The Bertz CT molecular complexity index is 360. The van der Waals surface area contributed by atoms with Crippen LogP contribution in [-0.2, 0) is 6.42 Å². The number of hydrogen-bond acceptors (Lipinski definition) is 3. The lowest BCUT2D eigenvalue weighted by atomic mass is 10.1. The molecular weight excluding hydrogens is 222 g/mol. The Morgan fingerprint density at radius 1 is 1.00 bits per heavy atom. The molecule has 3 nitrogen and oxygen atoms in total. The van der Waals surface area contributed by atoms with Crippen molar-refractivity contribution in [3.63, 3.8) is 0 Å². The second-order valence-corrected chi connectivity index (χ2v) is 5.73. The summed E-state index contributed by atoms with van der Waals surface area (Å²) in [4.78, 5) is 9.22. The van der Waals surface area contributed by atoms with E-state index in [1.54, 1.807) is 0 Å². The maximum atomic E-state index is 4.61. The van der Waals surface area contributed by atoms with Gasteiger partial charge in [-0.25, -0.2) is 9.97 Å². The van der Waals surface area contributed by atoms with Crippen molar-refractivity contribution in [2.45, 2.75) is 53.9 Å². The first-order chi connectivity index (χ1) is 8.41. The van der Waals surface area contributed by atoms with Crippen LogP contribution in [0.15, 0.2) is 0 Å². The van der Waals surface area contributed by atoms with E-state index < -0.39 is 0 Å². The molecule has 0 unspecified atom stereocenters. The van der Waals surface area contributed by atoms with Crippen molar-refractivity contribution in [2.24, 2.45) is 5.92 Å². The van der Waals surface area contributed by atoms with Gasteiger partial charge in [-0.05, 0) is 44.8 Å². The molecule has 0 aromatic carbocycles.